The van der Waals surface area contributed by atoms with Gasteiger partial charge in [0.2, 0.25) is 5.91 Å². The Bertz CT molecular complexity index is 712. The van der Waals surface area contributed by atoms with E-state index in [1.807, 2.05) is 50.4 Å². The van der Waals surface area contributed by atoms with Crippen molar-refractivity contribution in [3.8, 4) is 5.75 Å². The number of hydrogen-bond donors (Lipinski definition) is 1. The number of carbonyl (C=O) groups excluding carboxylic acids is 1. The molecule has 1 N–H and O–H groups in total. The summed E-state index contributed by atoms with van der Waals surface area (Å²) in [4.78, 5) is 14.6. The lowest BCUT2D eigenvalue weighted by Crippen LogP contribution is -2.44. The summed E-state index contributed by atoms with van der Waals surface area (Å²) in [5, 5.41) is 3.47. The van der Waals surface area contributed by atoms with Crippen LogP contribution in [0.4, 0.5) is 0 Å². The summed E-state index contributed by atoms with van der Waals surface area (Å²) < 4.78 is 5.22. The van der Waals surface area contributed by atoms with Crippen LogP contribution in [0.15, 0.2) is 48.5 Å². The van der Waals surface area contributed by atoms with E-state index in [2.05, 4.69) is 31.3 Å². The van der Waals surface area contributed by atoms with E-state index in [0.29, 0.717) is 6.54 Å². The van der Waals surface area contributed by atoms with E-state index in [0.717, 1.165) is 17.7 Å². The summed E-state index contributed by atoms with van der Waals surface area (Å²) >= 11 is 0. The molecule has 0 radical (unpaired) electrons. The quantitative estimate of drug-likeness (QED) is 0.776. The number of methoxy groups -OCH3 is 1. The molecular weight excluding hydrogens is 324 g/mol. The highest BCUT2D eigenvalue weighted by molar-refractivity contribution is 5.81. The lowest BCUT2D eigenvalue weighted by atomic mass is 10.0. The summed E-state index contributed by atoms with van der Waals surface area (Å²) in [7, 11) is 3.52. The molecule has 140 valence electrons. The molecule has 0 saturated heterocycles. The molecular formula is C22H30N2O2. The predicted octanol–water partition coefficient (Wildman–Crippen LogP) is 4.09. The highest BCUT2D eigenvalue weighted by Gasteiger charge is 2.21. The first-order valence-corrected chi connectivity index (χ1v) is 9.15. The number of hydrogen-bond acceptors (Lipinski definition) is 3. The van der Waals surface area contributed by atoms with Gasteiger partial charge in [-0.2, -0.15) is 0 Å². The second-order valence-corrected chi connectivity index (χ2v) is 6.74. The maximum absolute atomic E-state index is 12.8. The normalized spacial score (nSPS) is 13.1. The van der Waals surface area contributed by atoms with Crippen LogP contribution in [0.5, 0.6) is 5.75 Å². The first-order valence-electron chi connectivity index (χ1n) is 9.15. The largest absolute Gasteiger partial charge is 0.497 e. The van der Waals surface area contributed by atoms with Crippen molar-refractivity contribution < 1.29 is 9.53 Å². The second-order valence-electron chi connectivity index (χ2n) is 6.74. The Morgan fingerprint density at radius 3 is 2.38 bits per heavy atom. The molecule has 26 heavy (non-hydrogen) atoms. The fraction of sp³-hybridized carbons (Fsp3) is 0.409. The number of carbonyl (C=O) groups is 1. The Kier molecular flexibility index (Phi) is 7.22. The van der Waals surface area contributed by atoms with Crippen molar-refractivity contribution in [1.82, 2.24) is 10.2 Å². The third-order valence-corrected chi connectivity index (χ3v) is 4.79. The van der Waals surface area contributed by atoms with Gasteiger partial charge in [-0.05, 0) is 49.1 Å². The van der Waals surface area contributed by atoms with E-state index in [-0.39, 0.29) is 18.0 Å². The van der Waals surface area contributed by atoms with Crippen molar-refractivity contribution in [3.05, 3.63) is 65.2 Å². The molecule has 4 heteroatoms. The Labute approximate surface area is 157 Å². The van der Waals surface area contributed by atoms with Crippen LogP contribution in [0.3, 0.4) is 0 Å². The molecule has 2 atom stereocenters. The van der Waals surface area contributed by atoms with Gasteiger partial charge in [-0.15, -0.1) is 0 Å². The monoisotopic (exact) mass is 354 g/mol. The Morgan fingerprint density at radius 2 is 1.81 bits per heavy atom. The molecule has 2 unspecified atom stereocenters. The molecule has 0 bridgehead atoms. The van der Waals surface area contributed by atoms with Crippen LogP contribution < -0.4 is 10.1 Å². The fourth-order valence-electron chi connectivity index (χ4n) is 3.11. The summed E-state index contributed by atoms with van der Waals surface area (Å²) in [6.07, 6.45) is 0.908. The van der Waals surface area contributed by atoms with Crippen LogP contribution in [0, 0.1) is 6.92 Å². The van der Waals surface area contributed by atoms with E-state index in [1.54, 1.807) is 12.0 Å². The number of ether oxygens (including phenoxy) is 1. The first kappa shape index (κ1) is 20.0. The van der Waals surface area contributed by atoms with E-state index in [1.165, 1.54) is 11.1 Å². The van der Waals surface area contributed by atoms with Crippen molar-refractivity contribution in [3.63, 3.8) is 0 Å². The number of amides is 1. The fourth-order valence-corrected chi connectivity index (χ4v) is 3.11. The summed E-state index contributed by atoms with van der Waals surface area (Å²) in [5.41, 5.74) is 3.55. The average Bonchev–Trinajstić information content (AvgIpc) is 2.67. The van der Waals surface area contributed by atoms with Crippen molar-refractivity contribution in [2.24, 2.45) is 0 Å². The molecule has 0 aliphatic carbocycles. The van der Waals surface area contributed by atoms with Crippen LogP contribution in [0.25, 0.3) is 0 Å². The number of rotatable bonds is 8. The summed E-state index contributed by atoms with van der Waals surface area (Å²) in [6.45, 7) is 6.75. The molecule has 0 fully saturated rings. The highest BCUT2D eigenvalue weighted by Crippen LogP contribution is 2.21. The number of likely N-dealkylation sites (N-methyl/N-ethyl adjacent to an activating group) is 1. The average molecular weight is 354 g/mol. The molecule has 0 saturated carbocycles. The van der Waals surface area contributed by atoms with Gasteiger partial charge in [-0.25, -0.2) is 0 Å². The second kappa shape index (κ2) is 9.39. The molecule has 0 spiro atoms. The number of nitrogens with zero attached hydrogens (tertiary/aromatic N) is 1. The number of aryl methyl sites for hydroxylation is 1. The van der Waals surface area contributed by atoms with Gasteiger partial charge >= 0.3 is 0 Å². The Morgan fingerprint density at radius 1 is 1.15 bits per heavy atom. The van der Waals surface area contributed by atoms with E-state index in [4.69, 9.17) is 4.74 Å². The Balaban J connectivity index is 2.00. The third-order valence-electron chi connectivity index (χ3n) is 4.79. The minimum Gasteiger partial charge on any atom is -0.497 e. The van der Waals surface area contributed by atoms with E-state index in [9.17, 15) is 4.79 Å². The maximum atomic E-state index is 12.8. The van der Waals surface area contributed by atoms with E-state index >= 15 is 0 Å². The van der Waals surface area contributed by atoms with Gasteiger partial charge in [0.1, 0.15) is 5.75 Å². The minimum absolute atomic E-state index is 0.0974. The maximum Gasteiger partial charge on any atom is 0.239 e. The minimum atomic E-state index is -0.254. The van der Waals surface area contributed by atoms with Gasteiger partial charge in [0.15, 0.2) is 0 Å². The van der Waals surface area contributed by atoms with Gasteiger partial charge in [0, 0.05) is 19.6 Å². The van der Waals surface area contributed by atoms with Crippen LogP contribution >= 0.6 is 0 Å². The van der Waals surface area contributed by atoms with Crippen LogP contribution in [-0.2, 0) is 11.3 Å². The smallest absolute Gasteiger partial charge is 0.239 e. The van der Waals surface area contributed by atoms with Gasteiger partial charge in [0.05, 0.1) is 13.2 Å². The van der Waals surface area contributed by atoms with Crippen molar-refractivity contribution in [2.45, 2.75) is 45.8 Å². The number of nitrogens with one attached hydrogen (secondary N) is 1. The highest BCUT2D eigenvalue weighted by atomic mass is 16.5. The Hall–Kier alpha value is -2.33. The SMILES string of the molecule is CCC(NC(C)C(=O)N(C)Cc1ccccc1C)c1ccc(OC)cc1. The zero-order valence-corrected chi connectivity index (χ0v) is 16.5. The molecule has 0 aromatic heterocycles. The van der Waals surface area contributed by atoms with Crippen molar-refractivity contribution in [2.75, 3.05) is 14.2 Å². The molecule has 2 aromatic carbocycles. The zero-order chi connectivity index (χ0) is 19.1. The molecule has 0 aliphatic rings. The predicted molar refractivity (Wildman–Crippen MR) is 106 cm³/mol. The van der Waals surface area contributed by atoms with Crippen LogP contribution in [0.1, 0.15) is 43.0 Å². The lowest BCUT2D eigenvalue weighted by Gasteiger charge is -2.26. The van der Waals surface area contributed by atoms with Gasteiger partial charge in [0.25, 0.3) is 0 Å². The molecule has 2 aromatic rings. The van der Waals surface area contributed by atoms with Gasteiger partial charge in [-0.3, -0.25) is 10.1 Å². The molecule has 1 amide bonds. The molecule has 0 heterocycles. The molecule has 4 nitrogen and oxygen atoms in total. The molecule has 0 aliphatic heterocycles. The van der Waals surface area contributed by atoms with Crippen molar-refractivity contribution in [1.29, 1.82) is 0 Å². The number of benzene rings is 2. The molecule has 2 rings (SSSR count). The topological polar surface area (TPSA) is 41.6 Å². The van der Waals surface area contributed by atoms with E-state index < -0.39 is 0 Å². The first-order chi connectivity index (χ1) is 12.5. The van der Waals surface area contributed by atoms with Gasteiger partial charge < -0.3 is 9.64 Å². The standard InChI is InChI=1S/C22H30N2O2/c1-6-21(18-11-13-20(26-5)14-12-18)23-17(3)22(25)24(4)15-19-10-8-7-9-16(19)2/h7-14,17,21,23H,6,15H2,1-5H3. The zero-order valence-electron chi connectivity index (χ0n) is 16.5. The van der Waals surface area contributed by atoms with Crippen LogP contribution in [-0.4, -0.2) is 31.0 Å². The van der Waals surface area contributed by atoms with Crippen LogP contribution in [0.2, 0.25) is 0 Å². The lowest BCUT2D eigenvalue weighted by molar-refractivity contribution is -0.132. The van der Waals surface area contributed by atoms with Gasteiger partial charge in [-0.1, -0.05) is 43.3 Å². The summed E-state index contributed by atoms with van der Waals surface area (Å²) in [6, 6.07) is 16.1. The van der Waals surface area contributed by atoms with Crippen molar-refractivity contribution >= 4 is 5.91 Å². The summed E-state index contributed by atoms with van der Waals surface area (Å²) in [5.74, 6) is 0.936. The third kappa shape index (κ3) is 5.09.